The molecule has 0 bridgehead atoms. The number of pyridine rings is 1. The number of alkyl halides is 3. The van der Waals surface area contributed by atoms with Gasteiger partial charge in [0.2, 0.25) is 5.88 Å². The van der Waals surface area contributed by atoms with Crippen molar-refractivity contribution in [2.45, 2.75) is 31.3 Å². The molecule has 0 radical (unpaired) electrons. The van der Waals surface area contributed by atoms with E-state index in [0.29, 0.717) is 48.3 Å². The zero-order valence-electron chi connectivity index (χ0n) is 24.6. The number of rotatable bonds is 3. The Balaban J connectivity index is 0.000000480. The molecule has 3 atom stereocenters. The monoisotopic (exact) mass is 667 g/mol. The van der Waals surface area contributed by atoms with Crippen molar-refractivity contribution in [2.75, 3.05) is 50.1 Å². The normalized spacial score (nSPS) is 20.7. The predicted octanol–water partition coefficient (Wildman–Crippen LogP) is 5.05. The number of anilines is 2. The number of aliphatic carboxylic acids is 1. The summed E-state index contributed by atoms with van der Waals surface area (Å²) >= 11 is 6.74. The van der Waals surface area contributed by atoms with Crippen LogP contribution in [0.4, 0.5) is 33.3 Å². The van der Waals surface area contributed by atoms with Gasteiger partial charge in [0, 0.05) is 42.0 Å². The van der Waals surface area contributed by atoms with E-state index >= 15 is 8.78 Å². The zero-order chi connectivity index (χ0) is 33.2. The first-order valence-electron chi connectivity index (χ1n) is 14.1. The number of likely N-dealkylation sites (N-methyl/N-ethyl adjacent to an activating group) is 1. The molecule has 5 heterocycles. The second-order valence-electron chi connectivity index (χ2n) is 11.6. The molecule has 16 heteroatoms. The van der Waals surface area contributed by atoms with E-state index in [1.54, 1.807) is 23.1 Å². The average Bonchev–Trinajstić information content (AvgIpc) is 3.45. The van der Waals surface area contributed by atoms with Crippen LogP contribution in [-0.4, -0.2) is 91.5 Å². The summed E-state index contributed by atoms with van der Waals surface area (Å²) in [7, 11) is 3.84. The number of amides is 1. The number of nitrogens with one attached hydrogen (secondary N) is 1. The lowest BCUT2D eigenvalue weighted by molar-refractivity contribution is -0.192. The molecule has 3 aliphatic rings. The molecule has 46 heavy (non-hydrogen) atoms. The lowest BCUT2D eigenvalue weighted by atomic mass is 9.95. The molecule has 2 aromatic heterocycles. The maximum absolute atomic E-state index is 16.6. The van der Waals surface area contributed by atoms with Gasteiger partial charge < -0.3 is 34.3 Å². The molecule has 2 N–H and O–H groups in total. The van der Waals surface area contributed by atoms with E-state index in [0.717, 1.165) is 0 Å². The average molecular weight is 668 g/mol. The molecular weight excluding hydrogens is 641 g/mol. The van der Waals surface area contributed by atoms with Gasteiger partial charge in [-0.1, -0.05) is 11.6 Å². The summed E-state index contributed by atoms with van der Waals surface area (Å²) in [5.74, 6) is -4.07. The minimum absolute atomic E-state index is 0.00385. The van der Waals surface area contributed by atoms with E-state index in [-0.39, 0.29) is 51.2 Å². The number of halogens is 6. The second-order valence-corrected chi connectivity index (χ2v) is 12.0. The van der Waals surface area contributed by atoms with Crippen molar-refractivity contribution < 1.29 is 45.8 Å². The summed E-state index contributed by atoms with van der Waals surface area (Å²) in [5, 5.41) is 11.6. The molecule has 1 saturated heterocycles. The van der Waals surface area contributed by atoms with Gasteiger partial charge in [0.25, 0.3) is 5.91 Å². The van der Waals surface area contributed by atoms with Crippen LogP contribution < -0.4 is 19.9 Å². The smallest absolute Gasteiger partial charge is 0.475 e. The SMILES string of the molecule is C[C@@H]1CN2c3c4c(nc5c(F)c(-c6c(F)ccc7ccoc67)c(Cl)cc35)O[C@H](CN(C)C)CN4C(=O)[C@H]2CN1.O=C(O)C(F)(F)F. The highest BCUT2D eigenvalue weighted by atomic mass is 35.5. The van der Waals surface area contributed by atoms with Crippen LogP contribution in [0, 0.1) is 11.6 Å². The molecule has 0 unspecified atom stereocenters. The Kier molecular flexibility index (Phi) is 7.97. The number of fused-ring (bicyclic) bond motifs is 5. The molecule has 2 aromatic carbocycles. The molecule has 0 spiro atoms. The van der Waals surface area contributed by atoms with E-state index in [1.807, 2.05) is 30.8 Å². The summed E-state index contributed by atoms with van der Waals surface area (Å²) < 4.78 is 75.3. The number of benzene rings is 2. The van der Waals surface area contributed by atoms with E-state index in [4.69, 9.17) is 30.7 Å². The lowest BCUT2D eigenvalue weighted by Gasteiger charge is -2.49. The summed E-state index contributed by atoms with van der Waals surface area (Å²) in [5.41, 5.74) is 1.18. The third-order valence-corrected chi connectivity index (χ3v) is 8.30. The number of carboxylic acid groups (broad SMARTS) is 1. The third-order valence-electron chi connectivity index (χ3n) is 8.00. The Labute approximate surface area is 263 Å². The van der Waals surface area contributed by atoms with Crippen LogP contribution in [0.3, 0.4) is 0 Å². The number of ether oxygens (including phenoxy) is 1. The van der Waals surface area contributed by atoms with Gasteiger partial charge in [-0.25, -0.2) is 18.6 Å². The fourth-order valence-electron chi connectivity index (χ4n) is 6.12. The molecule has 0 aliphatic carbocycles. The number of furan rings is 1. The van der Waals surface area contributed by atoms with Crippen molar-refractivity contribution in [1.29, 1.82) is 0 Å². The van der Waals surface area contributed by atoms with Crippen molar-refractivity contribution in [3.8, 4) is 17.0 Å². The number of nitrogens with zero attached hydrogens (tertiary/aromatic N) is 4. The fourth-order valence-corrected chi connectivity index (χ4v) is 6.41. The summed E-state index contributed by atoms with van der Waals surface area (Å²) in [6.07, 6.45) is -4.02. The molecular formula is C30H27ClF5N5O5. The Hall–Kier alpha value is -4.21. The number of carbonyl (C=O) groups is 2. The van der Waals surface area contributed by atoms with Gasteiger partial charge in [-0.15, -0.1) is 0 Å². The van der Waals surface area contributed by atoms with Gasteiger partial charge in [0.1, 0.15) is 34.8 Å². The van der Waals surface area contributed by atoms with Gasteiger partial charge >= 0.3 is 12.1 Å². The topological polar surface area (TPSA) is 111 Å². The van der Waals surface area contributed by atoms with Gasteiger partial charge in [-0.2, -0.15) is 13.2 Å². The van der Waals surface area contributed by atoms with Crippen molar-refractivity contribution in [3.05, 3.63) is 47.2 Å². The minimum Gasteiger partial charge on any atom is -0.475 e. The summed E-state index contributed by atoms with van der Waals surface area (Å²) in [6.45, 7) is 3.91. The standard InChI is InChI=1S/C28H26ClF2N5O3.C2HF3O2/c1-13-10-35-19(9-32-13)28(37)36-12-15(11-34(2)3)39-27-25(36)24(35)16-8-17(29)20(22(31)23(16)33-27)21-18(30)5-4-14-6-7-38-26(14)21;3-2(4,5)1(6)7/h4-8,13,15,19,32H,9-12H2,1-3H3;(H,6,7)/t13-,15-,19-;/m1./s1. The maximum atomic E-state index is 16.6. The van der Waals surface area contributed by atoms with Gasteiger partial charge in [0.15, 0.2) is 5.82 Å². The van der Waals surface area contributed by atoms with Gasteiger partial charge in [0.05, 0.1) is 29.1 Å². The number of aromatic nitrogens is 1. The molecule has 1 amide bonds. The summed E-state index contributed by atoms with van der Waals surface area (Å²) in [4.78, 5) is 32.9. The van der Waals surface area contributed by atoms with E-state index in [9.17, 15) is 18.0 Å². The predicted molar refractivity (Wildman–Crippen MR) is 159 cm³/mol. The van der Waals surface area contributed by atoms with Crippen molar-refractivity contribution in [3.63, 3.8) is 0 Å². The number of piperazine rings is 1. The van der Waals surface area contributed by atoms with Crippen LogP contribution >= 0.6 is 11.6 Å². The number of carbonyl (C=O) groups excluding carboxylic acids is 1. The van der Waals surface area contributed by atoms with Crippen LogP contribution in [0.1, 0.15) is 6.92 Å². The largest absolute Gasteiger partial charge is 0.490 e. The summed E-state index contributed by atoms with van der Waals surface area (Å²) in [6, 6.07) is 5.75. The number of carboxylic acids is 1. The second kappa shape index (κ2) is 11.5. The fraction of sp³-hybridized carbons (Fsp3) is 0.367. The third kappa shape index (κ3) is 5.35. The molecule has 10 nitrogen and oxygen atoms in total. The van der Waals surface area contributed by atoms with E-state index in [1.165, 1.54) is 12.3 Å². The Morgan fingerprint density at radius 1 is 1.17 bits per heavy atom. The van der Waals surface area contributed by atoms with Crippen molar-refractivity contribution in [2.24, 2.45) is 0 Å². The quantitative estimate of drug-likeness (QED) is 0.290. The van der Waals surface area contributed by atoms with Crippen LogP contribution in [0.25, 0.3) is 33.0 Å². The first-order chi connectivity index (χ1) is 21.7. The van der Waals surface area contributed by atoms with Crippen LogP contribution in [0.2, 0.25) is 5.02 Å². The van der Waals surface area contributed by atoms with Crippen molar-refractivity contribution in [1.82, 2.24) is 15.2 Å². The van der Waals surface area contributed by atoms with Gasteiger partial charge in [-0.3, -0.25) is 4.79 Å². The van der Waals surface area contributed by atoms with Crippen LogP contribution in [0.15, 0.2) is 34.9 Å². The number of hydrogen-bond acceptors (Lipinski definition) is 8. The molecule has 3 aliphatic heterocycles. The highest BCUT2D eigenvalue weighted by Gasteiger charge is 2.47. The molecule has 1 fully saturated rings. The Morgan fingerprint density at radius 3 is 2.57 bits per heavy atom. The van der Waals surface area contributed by atoms with Gasteiger partial charge in [-0.05, 0) is 45.3 Å². The highest BCUT2D eigenvalue weighted by Crippen LogP contribution is 2.51. The molecule has 0 saturated carbocycles. The first-order valence-corrected chi connectivity index (χ1v) is 14.5. The van der Waals surface area contributed by atoms with Crippen molar-refractivity contribution >= 4 is 56.7 Å². The Bertz CT molecular complexity index is 1880. The van der Waals surface area contributed by atoms with E-state index in [2.05, 4.69) is 10.3 Å². The minimum atomic E-state index is -5.08. The Morgan fingerprint density at radius 2 is 1.89 bits per heavy atom. The highest BCUT2D eigenvalue weighted by molar-refractivity contribution is 6.35. The number of hydrogen-bond donors (Lipinski definition) is 2. The molecule has 4 aromatic rings. The zero-order valence-corrected chi connectivity index (χ0v) is 25.3. The van der Waals surface area contributed by atoms with Crippen LogP contribution in [-0.2, 0) is 9.59 Å². The maximum Gasteiger partial charge on any atom is 0.490 e. The first kappa shape index (κ1) is 31.8. The lowest BCUT2D eigenvalue weighted by Crippen LogP contribution is -2.66. The molecule has 244 valence electrons. The molecule has 7 rings (SSSR count). The van der Waals surface area contributed by atoms with Crippen LogP contribution in [0.5, 0.6) is 5.88 Å². The van der Waals surface area contributed by atoms with E-state index < -0.39 is 29.8 Å².